The van der Waals surface area contributed by atoms with E-state index in [1.807, 2.05) is 52.1 Å². The number of hydrogen-bond acceptors (Lipinski definition) is 14. The van der Waals surface area contributed by atoms with Crippen LogP contribution in [0.15, 0.2) is 120 Å². The molecule has 2 aliphatic heterocycles. The zero-order valence-electron chi connectivity index (χ0n) is 32.8. The zero-order chi connectivity index (χ0) is 42.3. The Kier molecular flexibility index (Phi) is 12.5. The Balaban J connectivity index is 0.950. The van der Waals surface area contributed by atoms with Crippen molar-refractivity contribution in [3.63, 3.8) is 0 Å². The number of sulfonamides is 1. The number of amides is 2. The van der Waals surface area contributed by atoms with Crippen LogP contribution in [-0.4, -0.2) is 101 Å². The molecule has 3 N–H and O–H groups in total. The Morgan fingerprint density at radius 1 is 0.951 bits per heavy atom. The lowest BCUT2D eigenvalue weighted by Crippen LogP contribution is -2.39. The number of benzene rings is 3. The number of carbonyl (C=O) groups excluding carboxylic acids is 2. The molecule has 5 heterocycles. The van der Waals surface area contributed by atoms with E-state index < -0.39 is 31.4 Å². The van der Waals surface area contributed by atoms with Gasteiger partial charge >= 0.3 is 0 Å². The summed E-state index contributed by atoms with van der Waals surface area (Å²) >= 11 is 1.62. The molecule has 0 aliphatic carbocycles. The van der Waals surface area contributed by atoms with Crippen LogP contribution in [0.2, 0.25) is 0 Å². The number of fused-ring (bicyclic) bond motifs is 2. The molecule has 6 aromatic rings. The number of thioether (sulfide) groups is 1. The highest BCUT2D eigenvalue weighted by Gasteiger charge is 2.28. The van der Waals surface area contributed by atoms with Crippen LogP contribution in [0.3, 0.4) is 0 Å². The standard InChI is InChI=1S/C42H42N10O7S2/c53-41(47-38-27-51-19-16-43-25-40(51)46-38)33-9-4-6-29-14-18-50(26-34(29)33)39-11-5-10-36(45-39)42(54)48-61(57,58)32-12-13-35(37(24-32)52(55)56)44-30(15-17-49-20-22-59-23-21-49)28-60-31-7-2-1-3-8-31/h1-13,16,19,24-25,27,30,44H,14-15,17-18,20-23,26,28H2,(H,47,53)(H,48,54)/t30-/m1/s1. The molecule has 314 valence electrons. The number of carbonyl (C=O) groups is 2. The number of hydrogen-bond donors (Lipinski definition) is 3. The SMILES string of the molecule is O=C(NS(=O)(=O)c1ccc(N[C@H](CCN2CCOCC2)CSc2ccccc2)c([N+](=O)[O-])c1)c1cccc(N2CCc3cccc(C(=O)Nc4cn5ccncc5n4)c3C2)n1. The van der Waals surface area contributed by atoms with Crippen LogP contribution in [0.25, 0.3) is 5.65 Å². The third kappa shape index (κ3) is 9.97. The second-order valence-electron chi connectivity index (χ2n) is 14.5. The van der Waals surface area contributed by atoms with Gasteiger partial charge in [0.1, 0.15) is 17.2 Å². The summed E-state index contributed by atoms with van der Waals surface area (Å²) in [5, 5.41) is 18.5. The molecule has 2 aliphatic rings. The molecule has 0 radical (unpaired) electrons. The van der Waals surface area contributed by atoms with Gasteiger partial charge in [0.05, 0.1) is 35.4 Å². The summed E-state index contributed by atoms with van der Waals surface area (Å²) in [5.41, 5.74) is 2.38. The maximum Gasteiger partial charge on any atom is 0.293 e. The maximum absolute atomic E-state index is 13.6. The Labute approximate surface area is 355 Å². The van der Waals surface area contributed by atoms with Gasteiger partial charge in [-0.2, -0.15) is 0 Å². The number of nitrogens with one attached hydrogen (secondary N) is 3. The van der Waals surface area contributed by atoms with Crippen molar-refractivity contribution in [2.45, 2.75) is 35.2 Å². The number of nitro benzene ring substituents is 1. The van der Waals surface area contributed by atoms with Gasteiger partial charge in [-0.25, -0.2) is 23.1 Å². The first-order chi connectivity index (χ1) is 29.6. The maximum atomic E-state index is 13.6. The normalized spacial score (nSPS) is 14.9. The second kappa shape index (κ2) is 18.5. The van der Waals surface area contributed by atoms with Gasteiger partial charge in [0, 0.05) is 73.4 Å². The fraction of sp³-hybridized carbons (Fsp3) is 0.262. The van der Waals surface area contributed by atoms with E-state index in [-0.39, 0.29) is 23.3 Å². The number of anilines is 3. The molecule has 19 heteroatoms. The van der Waals surface area contributed by atoms with Crippen molar-refractivity contribution in [2.75, 3.05) is 60.7 Å². The van der Waals surface area contributed by atoms with Crippen LogP contribution in [0, 0.1) is 10.1 Å². The summed E-state index contributed by atoms with van der Waals surface area (Å²) in [6.07, 6.45) is 7.92. The number of aromatic nitrogens is 4. The Morgan fingerprint density at radius 3 is 2.57 bits per heavy atom. The van der Waals surface area contributed by atoms with Crippen LogP contribution in [0.4, 0.5) is 23.0 Å². The first kappa shape index (κ1) is 41.3. The Morgan fingerprint density at radius 2 is 1.77 bits per heavy atom. The van der Waals surface area contributed by atoms with Crippen LogP contribution in [0.5, 0.6) is 0 Å². The van der Waals surface area contributed by atoms with Crippen molar-refractivity contribution in [1.29, 1.82) is 0 Å². The lowest BCUT2D eigenvalue weighted by atomic mass is 9.94. The predicted molar refractivity (Wildman–Crippen MR) is 231 cm³/mol. The highest BCUT2D eigenvalue weighted by molar-refractivity contribution is 7.99. The molecule has 3 aromatic carbocycles. The fourth-order valence-corrected chi connectivity index (χ4v) is 9.25. The topological polar surface area (TPSA) is 206 Å². The van der Waals surface area contributed by atoms with Crippen LogP contribution in [0.1, 0.15) is 38.4 Å². The van der Waals surface area contributed by atoms with Gasteiger partial charge in [0.2, 0.25) is 0 Å². The number of morpholine rings is 1. The van der Waals surface area contributed by atoms with Crippen LogP contribution in [-0.2, 0) is 27.7 Å². The van der Waals surface area contributed by atoms with Gasteiger partial charge in [0.15, 0.2) is 11.5 Å². The first-order valence-corrected chi connectivity index (χ1v) is 22.1. The van der Waals surface area contributed by atoms with E-state index in [4.69, 9.17) is 4.74 Å². The average molecular weight is 863 g/mol. The minimum Gasteiger partial charge on any atom is -0.379 e. The molecule has 0 unspecified atom stereocenters. The van der Waals surface area contributed by atoms with Crippen LogP contribution >= 0.6 is 11.8 Å². The molecule has 61 heavy (non-hydrogen) atoms. The molecule has 1 atom stereocenters. The zero-order valence-corrected chi connectivity index (χ0v) is 34.5. The van der Waals surface area contributed by atoms with Crippen molar-refractivity contribution in [1.82, 2.24) is 29.0 Å². The Hall–Kier alpha value is -6.41. The van der Waals surface area contributed by atoms with Crippen molar-refractivity contribution in [3.8, 4) is 0 Å². The van der Waals surface area contributed by atoms with Gasteiger partial charge in [-0.3, -0.25) is 29.6 Å². The van der Waals surface area contributed by atoms with Crippen molar-refractivity contribution >= 4 is 62.3 Å². The molecule has 0 saturated carbocycles. The van der Waals surface area contributed by atoms with E-state index in [2.05, 4.69) is 30.5 Å². The van der Waals surface area contributed by atoms with Crippen molar-refractivity contribution in [3.05, 3.63) is 142 Å². The minimum atomic E-state index is -4.57. The highest BCUT2D eigenvalue weighted by Crippen LogP contribution is 2.31. The highest BCUT2D eigenvalue weighted by atomic mass is 32.2. The first-order valence-electron chi connectivity index (χ1n) is 19.6. The van der Waals surface area contributed by atoms with E-state index >= 15 is 0 Å². The fourth-order valence-electron chi connectivity index (χ4n) is 7.28. The summed E-state index contributed by atoms with van der Waals surface area (Å²) in [5.74, 6) is 0.0387. The van der Waals surface area contributed by atoms with Crippen molar-refractivity contribution in [2.24, 2.45) is 0 Å². The van der Waals surface area contributed by atoms with Gasteiger partial charge in [0.25, 0.3) is 27.5 Å². The van der Waals surface area contributed by atoms with E-state index in [0.717, 1.165) is 41.7 Å². The largest absolute Gasteiger partial charge is 0.379 e. The molecular weight excluding hydrogens is 821 g/mol. The second-order valence-corrected chi connectivity index (χ2v) is 17.3. The molecular formula is C42H42N10O7S2. The van der Waals surface area contributed by atoms with Gasteiger partial charge in [-0.05, 0) is 66.4 Å². The third-order valence-electron chi connectivity index (χ3n) is 10.5. The summed E-state index contributed by atoms with van der Waals surface area (Å²) in [4.78, 5) is 56.5. The molecule has 1 saturated heterocycles. The molecule has 17 nitrogen and oxygen atoms in total. The molecule has 3 aromatic heterocycles. The van der Waals surface area contributed by atoms with Gasteiger partial charge < -0.3 is 24.7 Å². The monoisotopic (exact) mass is 862 g/mol. The molecule has 0 bridgehead atoms. The van der Waals surface area contributed by atoms with E-state index in [1.54, 1.807) is 59.1 Å². The predicted octanol–water partition coefficient (Wildman–Crippen LogP) is 5.26. The van der Waals surface area contributed by atoms with E-state index in [1.165, 1.54) is 18.2 Å². The number of nitrogens with zero attached hydrogens (tertiary/aromatic N) is 7. The number of pyridine rings is 1. The summed E-state index contributed by atoms with van der Waals surface area (Å²) in [6.45, 7) is 4.48. The third-order valence-corrected chi connectivity index (χ3v) is 13.0. The number of nitro groups is 1. The lowest BCUT2D eigenvalue weighted by Gasteiger charge is -2.31. The van der Waals surface area contributed by atoms with Crippen molar-refractivity contribution < 1.29 is 27.7 Å². The van der Waals surface area contributed by atoms with E-state index in [9.17, 15) is 28.1 Å². The molecule has 8 rings (SSSR count). The molecule has 1 fully saturated rings. The van der Waals surface area contributed by atoms with Gasteiger partial charge in [-0.1, -0.05) is 36.4 Å². The number of imidazole rings is 1. The van der Waals surface area contributed by atoms with Gasteiger partial charge in [-0.15, -0.1) is 11.8 Å². The lowest BCUT2D eigenvalue weighted by molar-refractivity contribution is -0.384. The summed E-state index contributed by atoms with van der Waals surface area (Å²) in [6, 6.07) is 23.4. The number of ether oxygens (including phenoxy) is 1. The smallest absolute Gasteiger partial charge is 0.293 e. The van der Waals surface area contributed by atoms with E-state index in [0.29, 0.717) is 67.7 Å². The average Bonchev–Trinajstić information content (AvgIpc) is 3.69. The van der Waals surface area contributed by atoms with Crippen LogP contribution < -0.4 is 20.3 Å². The number of rotatable bonds is 15. The summed E-state index contributed by atoms with van der Waals surface area (Å²) < 4.78 is 36.4. The molecule has 0 spiro atoms. The Bertz CT molecular complexity index is 2640. The summed E-state index contributed by atoms with van der Waals surface area (Å²) in [7, 11) is -4.57. The quantitative estimate of drug-likeness (QED) is 0.0685. The molecule has 2 amide bonds. The minimum absolute atomic E-state index is 0.168.